The molecule has 2 fully saturated rings. The van der Waals surface area contributed by atoms with Gasteiger partial charge in [0.15, 0.2) is 6.10 Å². The Morgan fingerprint density at radius 2 is 1.71 bits per heavy atom. The van der Waals surface area contributed by atoms with Gasteiger partial charge in [0.1, 0.15) is 6.04 Å². The number of hydrogen-bond donors (Lipinski definition) is 4. The number of carbonyl (C=O) groups is 5. The number of hydrogen-bond acceptors (Lipinski definition) is 6. The fraction of sp³-hybridized carbons (Fsp3) is 0.469. The number of nitrogens with one attached hydrogen (secondary N) is 4. The van der Waals surface area contributed by atoms with Crippen LogP contribution in [0.15, 0.2) is 54.6 Å². The third-order valence-corrected chi connectivity index (χ3v) is 7.87. The van der Waals surface area contributed by atoms with E-state index in [0.29, 0.717) is 13.0 Å². The lowest BCUT2D eigenvalue weighted by Crippen LogP contribution is -2.55. The number of benzene rings is 2. The largest absolute Gasteiger partial charge is 0.434 e. The smallest absolute Gasteiger partial charge is 0.408 e. The minimum Gasteiger partial charge on any atom is -0.434 e. The molecule has 2 aromatic carbocycles. The predicted molar refractivity (Wildman–Crippen MR) is 161 cm³/mol. The van der Waals surface area contributed by atoms with Crippen molar-refractivity contribution in [3.05, 3.63) is 70.7 Å². The van der Waals surface area contributed by atoms with Crippen LogP contribution in [0, 0.1) is 11.8 Å². The Hall–Kier alpha value is -4.06. The minimum atomic E-state index is -3.71. The van der Waals surface area contributed by atoms with Gasteiger partial charge in [-0.25, -0.2) is 4.79 Å². The highest BCUT2D eigenvalue weighted by molar-refractivity contribution is 6.38. The van der Waals surface area contributed by atoms with Crippen molar-refractivity contribution in [3.8, 4) is 0 Å². The van der Waals surface area contributed by atoms with Crippen LogP contribution in [0.3, 0.4) is 0 Å². The topological polar surface area (TPSA) is 143 Å². The summed E-state index contributed by atoms with van der Waals surface area (Å²) in [4.78, 5) is 64.7. The molecular formula is C32H37ClF2N4O6. The molecule has 1 saturated heterocycles. The molecule has 4 amide bonds. The molecular weight excluding hydrogens is 610 g/mol. The predicted octanol–water partition coefficient (Wildman–Crippen LogP) is 4.17. The molecule has 0 radical (unpaired) electrons. The fourth-order valence-corrected chi connectivity index (χ4v) is 5.30. The molecule has 0 aromatic heterocycles. The summed E-state index contributed by atoms with van der Waals surface area (Å²) in [7, 11) is 0. The van der Waals surface area contributed by atoms with Crippen LogP contribution in [-0.2, 0) is 29.8 Å². The summed E-state index contributed by atoms with van der Waals surface area (Å²) < 4.78 is 37.0. The minimum absolute atomic E-state index is 0.00432. The summed E-state index contributed by atoms with van der Waals surface area (Å²) in [5.41, 5.74) is -0.473. The molecule has 45 heavy (non-hydrogen) atoms. The van der Waals surface area contributed by atoms with Crippen molar-refractivity contribution in [3.63, 3.8) is 0 Å². The van der Waals surface area contributed by atoms with Gasteiger partial charge in [-0.05, 0) is 55.7 Å². The molecule has 0 spiro atoms. The lowest BCUT2D eigenvalue weighted by molar-refractivity contribution is -0.141. The van der Waals surface area contributed by atoms with Gasteiger partial charge < -0.3 is 26.0 Å². The zero-order valence-corrected chi connectivity index (χ0v) is 25.7. The average molecular weight is 647 g/mol. The molecule has 1 saturated carbocycles. The van der Waals surface area contributed by atoms with Crippen molar-refractivity contribution >= 4 is 41.2 Å². The first-order valence-corrected chi connectivity index (χ1v) is 15.3. The molecule has 4 N–H and O–H groups in total. The van der Waals surface area contributed by atoms with Crippen LogP contribution in [-0.4, -0.2) is 54.3 Å². The number of ether oxygens (including phenoxy) is 1. The van der Waals surface area contributed by atoms with Crippen molar-refractivity contribution in [1.82, 2.24) is 21.3 Å². The van der Waals surface area contributed by atoms with E-state index in [0.717, 1.165) is 18.9 Å². The van der Waals surface area contributed by atoms with Gasteiger partial charge in [0, 0.05) is 29.1 Å². The number of amides is 4. The van der Waals surface area contributed by atoms with Crippen LogP contribution >= 0.6 is 11.6 Å². The van der Waals surface area contributed by atoms with Crippen molar-refractivity contribution < 1.29 is 37.5 Å². The standard InChI is InChI=1S/C32H37ClF2N4O6/c1-18(2)15-25(29(42)38-24(16-20-13-14-36-28(20)41)26(40)30(43)37-23-11-12-23)39-31(44)45-27(19-7-4-3-5-8-19)32(34,35)21-9-6-10-22(33)17-21/h3-10,17-18,20,23-25,27H,11-16H2,1-2H3,(H,36,41)(H,37,43)(H,38,42)(H,39,44)/t20-,24-,25-,27-/m0/s1. The van der Waals surface area contributed by atoms with Gasteiger partial charge in [-0.2, -0.15) is 8.78 Å². The lowest BCUT2D eigenvalue weighted by Gasteiger charge is -2.29. The number of alkyl carbamates (subject to hydrolysis) is 1. The second-order valence-corrected chi connectivity index (χ2v) is 12.3. The van der Waals surface area contributed by atoms with E-state index in [1.807, 2.05) is 0 Å². The van der Waals surface area contributed by atoms with Crippen LogP contribution in [0.1, 0.15) is 63.2 Å². The Morgan fingerprint density at radius 3 is 2.31 bits per heavy atom. The normalized spacial score (nSPS) is 18.4. The maximum absolute atomic E-state index is 15.9. The first-order chi connectivity index (χ1) is 21.3. The second-order valence-electron chi connectivity index (χ2n) is 11.8. The summed E-state index contributed by atoms with van der Waals surface area (Å²) >= 11 is 5.96. The number of Topliss-reactive ketones (excluding diaryl/α,β-unsaturated/α-hetero) is 1. The van der Waals surface area contributed by atoms with E-state index < -0.39 is 59.3 Å². The van der Waals surface area contributed by atoms with Crippen LogP contribution in [0.5, 0.6) is 0 Å². The van der Waals surface area contributed by atoms with Crippen molar-refractivity contribution in [1.29, 1.82) is 0 Å². The first-order valence-electron chi connectivity index (χ1n) is 14.9. The van der Waals surface area contributed by atoms with E-state index in [-0.39, 0.29) is 41.3 Å². The zero-order valence-electron chi connectivity index (χ0n) is 25.0. The summed E-state index contributed by atoms with van der Waals surface area (Å²) in [6, 6.07) is 9.71. The van der Waals surface area contributed by atoms with Gasteiger partial charge in [-0.1, -0.05) is 67.9 Å². The number of alkyl halides is 2. The third kappa shape index (κ3) is 9.23. The average Bonchev–Trinajstić information content (AvgIpc) is 3.73. The second kappa shape index (κ2) is 14.8. The van der Waals surface area contributed by atoms with Gasteiger partial charge in [0.2, 0.25) is 17.6 Å². The molecule has 0 bridgehead atoms. The highest BCUT2D eigenvalue weighted by atomic mass is 35.5. The van der Waals surface area contributed by atoms with E-state index in [9.17, 15) is 24.0 Å². The van der Waals surface area contributed by atoms with Gasteiger partial charge in [0.25, 0.3) is 5.91 Å². The quantitative estimate of drug-likeness (QED) is 0.227. The van der Waals surface area contributed by atoms with E-state index in [1.54, 1.807) is 19.9 Å². The van der Waals surface area contributed by atoms with Gasteiger partial charge in [0.05, 0.1) is 6.04 Å². The molecule has 2 aromatic rings. The molecule has 4 atom stereocenters. The van der Waals surface area contributed by atoms with Gasteiger partial charge in [-0.15, -0.1) is 0 Å². The number of ketones is 1. The van der Waals surface area contributed by atoms with Crippen molar-refractivity contribution in [2.75, 3.05) is 6.54 Å². The molecule has 1 heterocycles. The summed E-state index contributed by atoms with van der Waals surface area (Å²) in [5.74, 6) is -7.38. The van der Waals surface area contributed by atoms with E-state index >= 15 is 8.78 Å². The number of carbonyl (C=O) groups excluding carboxylic acids is 5. The molecule has 1 aliphatic heterocycles. The van der Waals surface area contributed by atoms with Crippen LogP contribution in [0.2, 0.25) is 5.02 Å². The van der Waals surface area contributed by atoms with Gasteiger partial charge >= 0.3 is 12.0 Å². The zero-order chi connectivity index (χ0) is 32.7. The maximum atomic E-state index is 15.9. The van der Waals surface area contributed by atoms with E-state index in [1.165, 1.54) is 42.5 Å². The fourth-order valence-electron chi connectivity index (χ4n) is 5.11. The Kier molecular flexibility index (Phi) is 11.1. The molecule has 10 nitrogen and oxygen atoms in total. The lowest BCUT2D eigenvalue weighted by atomic mass is 9.94. The summed E-state index contributed by atoms with van der Waals surface area (Å²) in [6.45, 7) is 3.96. The Morgan fingerprint density at radius 1 is 1.00 bits per heavy atom. The van der Waals surface area contributed by atoms with Gasteiger partial charge in [-0.3, -0.25) is 19.2 Å². The monoisotopic (exact) mass is 646 g/mol. The van der Waals surface area contributed by atoms with E-state index in [4.69, 9.17) is 16.3 Å². The number of rotatable bonds is 14. The van der Waals surface area contributed by atoms with Crippen LogP contribution in [0.25, 0.3) is 0 Å². The SMILES string of the molecule is CC(C)C[C@H](NC(=O)O[C@@H](c1ccccc1)C(F)(F)c1cccc(Cl)c1)C(=O)N[C@@H](C[C@@H]1CCNC1=O)C(=O)C(=O)NC1CC1. The first kappa shape index (κ1) is 33.8. The third-order valence-electron chi connectivity index (χ3n) is 7.63. The molecule has 1 aliphatic carbocycles. The van der Waals surface area contributed by atoms with Crippen LogP contribution in [0.4, 0.5) is 13.6 Å². The maximum Gasteiger partial charge on any atom is 0.408 e. The van der Waals surface area contributed by atoms with E-state index in [2.05, 4.69) is 21.3 Å². The Bertz CT molecular complexity index is 1410. The molecule has 242 valence electrons. The highest BCUT2D eigenvalue weighted by Gasteiger charge is 2.46. The van der Waals surface area contributed by atoms with Crippen molar-refractivity contribution in [2.45, 2.75) is 76.1 Å². The Labute approximate surface area is 265 Å². The Balaban J connectivity index is 1.53. The summed E-state index contributed by atoms with van der Waals surface area (Å²) in [6.07, 6.45) is -1.54. The summed E-state index contributed by atoms with van der Waals surface area (Å²) in [5, 5.41) is 10.2. The molecule has 13 heteroatoms. The van der Waals surface area contributed by atoms with Crippen molar-refractivity contribution in [2.24, 2.45) is 11.8 Å². The number of halogens is 3. The molecule has 2 aliphatic rings. The van der Waals surface area contributed by atoms with Crippen LogP contribution < -0.4 is 21.3 Å². The highest BCUT2D eigenvalue weighted by Crippen LogP contribution is 2.43. The molecule has 0 unspecified atom stereocenters. The molecule has 4 rings (SSSR count).